The Balaban J connectivity index is 1.44. The Hall–Kier alpha value is -2.21. The number of ether oxygens (including phenoxy) is 1. The molecule has 2 heterocycles. The number of hydrogen-bond donors (Lipinski definition) is 1. The van der Waals surface area contributed by atoms with Crippen LogP contribution >= 0.6 is 0 Å². The number of rotatable bonds is 4. The Morgan fingerprint density at radius 1 is 1.04 bits per heavy atom. The Morgan fingerprint density at radius 3 is 2.59 bits per heavy atom. The van der Waals surface area contributed by atoms with Crippen LogP contribution in [-0.2, 0) is 11.3 Å². The van der Waals surface area contributed by atoms with Crippen molar-refractivity contribution in [1.29, 1.82) is 0 Å². The van der Waals surface area contributed by atoms with Gasteiger partial charge in [-0.2, -0.15) is 0 Å². The molecule has 0 bridgehead atoms. The van der Waals surface area contributed by atoms with Gasteiger partial charge < -0.3 is 15.4 Å². The number of amides is 1. The third-order valence-electron chi connectivity index (χ3n) is 5.56. The van der Waals surface area contributed by atoms with Crippen LogP contribution in [0.3, 0.4) is 0 Å². The molecule has 0 spiro atoms. The van der Waals surface area contributed by atoms with Crippen LogP contribution in [-0.4, -0.2) is 61.1 Å². The molecule has 2 N–H and O–H groups in total. The molecule has 2 aromatic rings. The largest absolute Gasteiger partial charge is 0.379 e. The number of benzene rings is 2. The summed E-state index contributed by atoms with van der Waals surface area (Å²) in [5.41, 5.74) is 9.49. The second-order valence-electron chi connectivity index (χ2n) is 7.48. The van der Waals surface area contributed by atoms with Gasteiger partial charge in [-0.1, -0.05) is 42.5 Å². The second kappa shape index (κ2) is 8.21. The number of hydrogen-bond acceptors (Lipinski definition) is 4. The van der Waals surface area contributed by atoms with Crippen molar-refractivity contribution in [3.8, 4) is 0 Å². The van der Waals surface area contributed by atoms with Crippen molar-refractivity contribution in [3.05, 3.63) is 71.3 Å². The third kappa shape index (κ3) is 4.21. The third-order valence-corrected chi connectivity index (χ3v) is 5.56. The van der Waals surface area contributed by atoms with Gasteiger partial charge in [0.1, 0.15) is 0 Å². The molecule has 0 saturated carbocycles. The first-order valence-electron chi connectivity index (χ1n) is 9.69. The smallest absolute Gasteiger partial charge is 0.253 e. The van der Waals surface area contributed by atoms with Gasteiger partial charge in [0.25, 0.3) is 5.91 Å². The average Bonchev–Trinajstić information content (AvgIpc) is 3.11. The summed E-state index contributed by atoms with van der Waals surface area (Å²) in [5.74, 6) is 0.277. The molecule has 27 heavy (non-hydrogen) atoms. The fraction of sp³-hybridized carbons (Fsp3) is 0.409. The lowest BCUT2D eigenvalue weighted by atomic mass is 9.95. The Morgan fingerprint density at radius 2 is 1.81 bits per heavy atom. The highest BCUT2D eigenvalue weighted by Crippen LogP contribution is 2.27. The SMILES string of the molecule is N[C@@H]1CN(C(=O)c2cccc(CN3CCOCC3)c2)C[C@H]1c1ccccc1. The summed E-state index contributed by atoms with van der Waals surface area (Å²) in [7, 11) is 0. The van der Waals surface area contributed by atoms with Crippen LogP contribution in [0.5, 0.6) is 0 Å². The standard InChI is InChI=1S/C22H27N3O2/c23-21-16-25(15-20(21)18-6-2-1-3-7-18)22(26)19-8-4-5-17(13-19)14-24-9-11-27-12-10-24/h1-8,13,20-21H,9-12,14-16,23H2/t20-,21+/m0/s1. The summed E-state index contributed by atoms with van der Waals surface area (Å²) in [4.78, 5) is 17.3. The van der Waals surface area contributed by atoms with E-state index in [1.165, 1.54) is 11.1 Å². The van der Waals surface area contributed by atoms with E-state index in [0.29, 0.717) is 13.1 Å². The summed E-state index contributed by atoms with van der Waals surface area (Å²) in [6, 6.07) is 18.3. The van der Waals surface area contributed by atoms with Gasteiger partial charge in [0.05, 0.1) is 13.2 Å². The summed E-state index contributed by atoms with van der Waals surface area (Å²) < 4.78 is 5.41. The summed E-state index contributed by atoms with van der Waals surface area (Å²) in [6.45, 7) is 5.59. The zero-order valence-corrected chi connectivity index (χ0v) is 15.6. The normalized spacial score (nSPS) is 23.5. The number of nitrogens with two attached hydrogens (primary N) is 1. The lowest BCUT2D eigenvalue weighted by Crippen LogP contribution is -2.35. The summed E-state index contributed by atoms with van der Waals surface area (Å²) in [5, 5.41) is 0. The molecule has 5 nitrogen and oxygen atoms in total. The molecule has 2 saturated heterocycles. The second-order valence-corrected chi connectivity index (χ2v) is 7.48. The van der Waals surface area contributed by atoms with Crippen molar-refractivity contribution in [1.82, 2.24) is 9.80 Å². The molecule has 0 aliphatic carbocycles. The molecular formula is C22H27N3O2. The fourth-order valence-corrected chi connectivity index (χ4v) is 4.05. The molecule has 1 amide bonds. The Bertz CT molecular complexity index is 774. The van der Waals surface area contributed by atoms with Crippen LogP contribution in [0.15, 0.2) is 54.6 Å². The molecule has 2 fully saturated rings. The topological polar surface area (TPSA) is 58.8 Å². The highest BCUT2D eigenvalue weighted by atomic mass is 16.5. The summed E-state index contributed by atoms with van der Waals surface area (Å²) >= 11 is 0. The van der Waals surface area contributed by atoms with Gasteiger partial charge in [-0.05, 0) is 23.3 Å². The molecule has 2 aliphatic heterocycles. The number of nitrogens with zero attached hydrogens (tertiary/aromatic N) is 2. The van der Waals surface area contributed by atoms with Crippen LogP contribution in [0, 0.1) is 0 Å². The van der Waals surface area contributed by atoms with Crippen molar-refractivity contribution in [3.63, 3.8) is 0 Å². The lowest BCUT2D eigenvalue weighted by molar-refractivity contribution is 0.0341. The molecule has 0 aromatic heterocycles. The van der Waals surface area contributed by atoms with Gasteiger partial charge in [0.2, 0.25) is 0 Å². The maximum atomic E-state index is 13.1. The van der Waals surface area contributed by atoms with E-state index in [4.69, 9.17) is 10.5 Å². The van der Waals surface area contributed by atoms with E-state index in [0.717, 1.165) is 38.4 Å². The Kier molecular flexibility index (Phi) is 5.53. The van der Waals surface area contributed by atoms with Gasteiger partial charge in [-0.25, -0.2) is 0 Å². The van der Waals surface area contributed by atoms with Gasteiger partial charge in [-0.15, -0.1) is 0 Å². The zero-order valence-electron chi connectivity index (χ0n) is 15.6. The first-order valence-corrected chi connectivity index (χ1v) is 9.69. The van der Waals surface area contributed by atoms with Gasteiger partial charge in [0.15, 0.2) is 0 Å². The Labute approximate surface area is 160 Å². The predicted octanol–water partition coefficient (Wildman–Crippen LogP) is 2.09. The van der Waals surface area contributed by atoms with Crippen LogP contribution in [0.25, 0.3) is 0 Å². The molecular weight excluding hydrogens is 338 g/mol. The minimum atomic E-state index is -0.0205. The zero-order chi connectivity index (χ0) is 18.6. The van der Waals surface area contributed by atoms with E-state index in [-0.39, 0.29) is 17.9 Å². The van der Waals surface area contributed by atoms with Crippen LogP contribution in [0.4, 0.5) is 0 Å². The molecule has 2 aliphatic rings. The number of carbonyl (C=O) groups is 1. The van der Waals surface area contributed by atoms with Crippen LogP contribution in [0.1, 0.15) is 27.4 Å². The number of carbonyl (C=O) groups excluding carboxylic acids is 1. The van der Waals surface area contributed by atoms with E-state index in [9.17, 15) is 4.79 Å². The van der Waals surface area contributed by atoms with E-state index >= 15 is 0 Å². The van der Waals surface area contributed by atoms with E-state index in [1.54, 1.807) is 0 Å². The molecule has 4 rings (SSSR count). The van der Waals surface area contributed by atoms with Crippen molar-refractivity contribution in [2.75, 3.05) is 39.4 Å². The number of morpholine rings is 1. The van der Waals surface area contributed by atoms with E-state index in [1.807, 2.05) is 41.3 Å². The first kappa shape index (κ1) is 18.2. The summed E-state index contributed by atoms with van der Waals surface area (Å²) in [6.07, 6.45) is 0. The van der Waals surface area contributed by atoms with Crippen molar-refractivity contribution >= 4 is 5.91 Å². The van der Waals surface area contributed by atoms with Crippen molar-refractivity contribution in [2.24, 2.45) is 5.73 Å². The quantitative estimate of drug-likeness (QED) is 0.901. The van der Waals surface area contributed by atoms with Crippen molar-refractivity contribution in [2.45, 2.75) is 18.5 Å². The number of likely N-dealkylation sites (tertiary alicyclic amines) is 1. The van der Waals surface area contributed by atoms with E-state index < -0.39 is 0 Å². The van der Waals surface area contributed by atoms with E-state index in [2.05, 4.69) is 23.1 Å². The van der Waals surface area contributed by atoms with Crippen molar-refractivity contribution < 1.29 is 9.53 Å². The lowest BCUT2D eigenvalue weighted by Gasteiger charge is -2.26. The maximum Gasteiger partial charge on any atom is 0.253 e. The minimum Gasteiger partial charge on any atom is -0.379 e. The highest BCUT2D eigenvalue weighted by molar-refractivity contribution is 5.94. The van der Waals surface area contributed by atoms with Gasteiger partial charge in [-0.3, -0.25) is 9.69 Å². The molecule has 2 aromatic carbocycles. The van der Waals surface area contributed by atoms with Crippen LogP contribution in [0.2, 0.25) is 0 Å². The molecule has 5 heteroatoms. The molecule has 142 valence electrons. The minimum absolute atomic E-state index is 0.0205. The first-order chi connectivity index (χ1) is 13.2. The van der Waals surface area contributed by atoms with Gasteiger partial charge in [0, 0.05) is 50.2 Å². The molecule has 0 unspecified atom stereocenters. The predicted molar refractivity (Wildman–Crippen MR) is 106 cm³/mol. The molecule has 2 atom stereocenters. The van der Waals surface area contributed by atoms with Crippen LogP contribution < -0.4 is 5.73 Å². The average molecular weight is 365 g/mol. The fourth-order valence-electron chi connectivity index (χ4n) is 4.05. The maximum absolute atomic E-state index is 13.1. The highest BCUT2D eigenvalue weighted by Gasteiger charge is 2.34. The molecule has 0 radical (unpaired) electrons. The monoisotopic (exact) mass is 365 g/mol. The van der Waals surface area contributed by atoms with Gasteiger partial charge >= 0.3 is 0 Å².